The van der Waals surface area contributed by atoms with Crippen molar-refractivity contribution in [2.24, 2.45) is 0 Å². The van der Waals surface area contributed by atoms with Gasteiger partial charge >= 0.3 is 0 Å². The number of hydrogen-bond donors (Lipinski definition) is 2. The Morgan fingerprint density at radius 1 is 1.14 bits per heavy atom. The van der Waals surface area contributed by atoms with Crippen molar-refractivity contribution in [3.8, 4) is 11.3 Å². The van der Waals surface area contributed by atoms with Crippen LogP contribution in [-0.4, -0.2) is 44.1 Å². The van der Waals surface area contributed by atoms with Gasteiger partial charge in [-0.1, -0.05) is 35.9 Å². The normalized spacial score (nSPS) is 17.0. The Balaban J connectivity index is 1.34. The van der Waals surface area contributed by atoms with Gasteiger partial charge in [-0.05, 0) is 43.2 Å². The van der Waals surface area contributed by atoms with Crippen molar-refractivity contribution in [2.45, 2.75) is 18.8 Å². The highest BCUT2D eigenvalue weighted by Gasteiger charge is 2.28. The van der Waals surface area contributed by atoms with Gasteiger partial charge in [0.1, 0.15) is 11.5 Å². The maximum absolute atomic E-state index is 13.1. The molecule has 1 saturated heterocycles. The smallest absolute Gasteiger partial charge is 0.271 e. The van der Waals surface area contributed by atoms with E-state index in [-0.39, 0.29) is 11.8 Å². The highest BCUT2D eigenvalue weighted by atomic mass is 35.5. The Labute approximate surface area is 172 Å². The van der Waals surface area contributed by atoms with E-state index < -0.39 is 0 Å². The molecule has 1 aliphatic rings. The fourth-order valence-corrected chi connectivity index (χ4v) is 4.05. The van der Waals surface area contributed by atoms with Gasteiger partial charge in [-0.15, -0.1) is 0 Å². The molecule has 1 aliphatic heterocycles. The lowest BCUT2D eigenvalue weighted by Gasteiger charge is -2.31. The van der Waals surface area contributed by atoms with Crippen LogP contribution in [0.4, 0.5) is 0 Å². The molecule has 0 spiro atoms. The zero-order chi connectivity index (χ0) is 19.8. The van der Waals surface area contributed by atoms with E-state index in [1.807, 2.05) is 53.4 Å². The number of carbonyl (C=O) groups excluding carboxylic acids is 1. The van der Waals surface area contributed by atoms with Crippen molar-refractivity contribution in [1.82, 2.24) is 25.1 Å². The van der Waals surface area contributed by atoms with Gasteiger partial charge in [0, 0.05) is 29.6 Å². The summed E-state index contributed by atoms with van der Waals surface area (Å²) in [6.07, 6.45) is 1.97. The standard InChI is InChI=1S/C22H20ClN5O/c23-16-9-7-14(8-10-16)19-12-20(27-26-19)22(29)28-11-3-4-15(13-28)21-24-17-5-1-2-6-18(17)25-21/h1-2,5-10,12,15H,3-4,11,13H2,(H,24,25)(H,26,27). The SMILES string of the molecule is O=C(c1cc(-c2ccc(Cl)cc2)n[nH]1)N1CCCC(c2nc3ccccc3[nH]2)C1. The molecule has 6 nitrogen and oxygen atoms in total. The second kappa shape index (κ2) is 7.37. The molecule has 7 heteroatoms. The number of aromatic amines is 2. The number of piperidine rings is 1. The van der Waals surface area contributed by atoms with Gasteiger partial charge in [-0.2, -0.15) is 5.10 Å². The van der Waals surface area contributed by atoms with E-state index >= 15 is 0 Å². The summed E-state index contributed by atoms with van der Waals surface area (Å²) in [5.74, 6) is 1.13. The third-order valence-corrected chi connectivity index (χ3v) is 5.70. The summed E-state index contributed by atoms with van der Waals surface area (Å²) < 4.78 is 0. The maximum atomic E-state index is 13.1. The van der Waals surface area contributed by atoms with Crippen molar-refractivity contribution in [1.29, 1.82) is 0 Å². The first-order valence-electron chi connectivity index (χ1n) is 9.72. The van der Waals surface area contributed by atoms with Crippen LogP contribution in [0, 0.1) is 0 Å². The molecule has 29 heavy (non-hydrogen) atoms. The quantitative estimate of drug-likeness (QED) is 0.521. The predicted molar refractivity (Wildman–Crippen MR) is 113 cm³/mol. The first kappa shape index (κ1) is 17.9. The van der Waals surface area contributed by atoms with Crippen LogP contribution in [0.3, 0.4) is 0 Å². The van der Waals surface area contributed by atoms with E-state index in [4.69, 9.17) is 16.6 Å². The average Bonchev–Trinajstić information content (AvgIpc) is 3.41. The number of nitrogens with one attached hydrogen (secondary N) is 2. The monoisotopic (exact) mass is 405 g/mol. The third-order valence-electron chi connectivity index (χ3n) is 5.45. The molecule has 0 saturated carbocycles. The van der Waals surface area contributed by atoms with Crippen LogP contribution in [0.15, 0.2) is 54.6 Å². The van der Waals surface area contributed by atoms with Crippen molar-refractivity contribution in [2.75, 3.05) is 13.1 Å². The molecule has 2 aromatic heterocycles. The molecule has 4 aromatic rings. The van der Waals surface area contributed by atoms with Crippen LogP contribution in [0.2, 0.25) is 5.02 Å². The number of rotatable bonds is 3. The fourth-order valence-electron chi connectivity index (χ4n) is 3.92. The summed E-state index contributed by atoms with van der Waals surface area (Å²) >= 11 is 5.95. The minimum Gasteiger partial charge on any atom is -0.342 e. The lowest BCUT2D eigenvalue weighted by molar-refractivity contribution is 0.0699. The van der Waals surface area contributed by atoms with E-state index in [0.717, 1.165) is 47.5 Å². The lowest BCUT2D eigenvalue weighted by Crippen LogP contribution is -2.39. The minimum atomic E-state index is -0.0291. The summed E-state index contributed by atoms with van der Waals surface area (Å²) in [4.78, 5) is 23.1. The van der Waals surface area contributed by atoms with Crippen molar-refractivity contribution >= 4 is 28.5 Å². The molecule has 0 radical (unpaired) electrons. The topological polar surface area (TPSA) is 77.7 Å². The van der Waals surface area contributed by atoms with Gasteiger partial charge in [0.2, 0.25) is 0 Å². The lowest BCUT2D eigenvalue weighted by atomic mass is 9.97. The number of H-pyrrole nitrogens is 2. The van der Waals surface area contributed by atoms with Gasteiger partial charge in [-0.3, -0.25) is 9.89 Å². The Morgan fingerprint density at radius 2 is 1.97 bits per heavy atom. The van der Waals surface area contributed by atoms with Gasteiger partial charge in [-0.25, -0.2) is 4.98 Å². The number of halogens is 1. The predicted octanol–water partition coefficient (Wildman–Crippen LogP) is 4.63. The van der Waals surface area contributed by atoms with Crippen molar-refractivity contribution < 1.29 is 4.79 Å². The number of amides is 1. The van der Waals surface area contributed by atoms with Crippen LogP contribution in [0.1, 0.15) is 35.1 Å². The molecule has 0 aliphatic carbocycles. The van der Waals surface area contributed by atoms with E-state index in [1.54, 1.807) is 6.07 Å². The summed E-state index contributed by atoms with van der Waals surface area (Å²) in [5, 5.41) is 7.87. The molecule has 1 unspecified atom stereocenters. The summed E-state index contributed by atoms with van der Waals surface area (Å²) in [6.45, 7) is 1.39. The summed E-state index contributed by atoms with van der Waals surface area (Å²) in [7, 11) is 0. The molecular formula is C22H20ClN5O. The number of para-hydroxylation sites is 2. The van der Waals surface area contributed by atoms with E-state index in [1.165, 1.54) is 0 Å². The number of nitrogens with zero attached hydrogens (tertiary/aromatic N) is 3. The Hall–Kier alpha value is -3.12. The zero-order valence-corrected chi connectivity index (χ0v) is 16.5. The van der Waals surface area contributed by atoms with Crippen LogP contribution >= 0.6 is 11.6 Å². The maximum Gasteiger partial charge on any atom is 0.271 e. The average molecular weight is 406 g/mol. The molecule has 146 valence electrons. The van der Waals surface area contributed by atoms with Crippen LogP contribution in [-0.2, 0) is 0 Å². The molecule has 3 heterocycles. The second-order valence-electron chi connectivity index (χ2n) is 7.40. The van der Waals surface area contributed by atoms with E-state index in [9.17, 15) is 4.79 Å². The molecular weight excluding hydrogens is 386 g/mol. The minimum absolute atomic E-state index is 0.0291. The van der Waals surface area contributed by atoms with Crippen LogP contribution < -0.4 is 0 Å². The Bertz CT molecular complexity index is 1130. The zero-order valence-electron chi connectivity index (χ0n) is 15.7. The van der Waals surface area contributed by atoms with Crippen LogP contribution in [0.5, 0.6) is 0 Å². The van der Waals surface area contributed by atoms with Gasteiger partial charge in [0.05, 0.1) is 16.7 Å². The number of benzene rings is 2. The summed E-state index contributed by atoms with van der Waals surface area (Å²) in [5.41, 5.74) is 4.15. The highest BCUT2D eigenvalue weighted by molar-refractivity contribution is 6.30. The van der Waals surface area contributed by atoms with Crippen molar-refractivity contribution in [3.05, 3.63) is 71.1 Å². The fraction of sp³-hybridized carbons (Fsp3) is 0.227. The number of hydrogen-bond acceptors (Lipinski definition) is 3. The van der Waals surface area contributed by atoms with E-state index in [0.29, 0.717) is 17.3 Å². The van der Waals surface area contributed by atoms with Gasteiger partial charge in [0.15, 0.2) is 0 Å². The van der Waals surface area contributed by atoms with Gasteiger partial charge < -0.3 is 9.88 Å². The van der Waals surface area contributed by atoms with Crippen molar-refractivity contribution in [3.63, 3.8) is 0 Å². The third kappa shape index (κ3) is 3.51. The molecule has 5 rings (SSSR count). The first-order valence-corrected chi connectivity index (χ1v) is 10.1. The number of aromatic nitrogens is 4. The number of imidazole rings is 1. The Morgan fingerprint density at radius 3 is 2.79 bits per heavy atom. The molecule has 1 amide bonds. The van der Waals surface area contributed by atoms with Gasteiger partial charge in [0.25, 0.3) is 5.91 Å². The molecule has 2 aromatic carbocycles. The van der Waals surface area contributed by atoms with Crippen LogP contribution in [0.25, 0.3) is 22.3 Å². The molecule has 2 N–H and O–H groups in total. The second-order valence-corrected chi connectivity index (χ2v) is 7.84. The number of fused-ring (bicyclic) bond motifs is 1. The van der Waals surface area contributed by atoms with E-state index in [2.05, 4.69) is 15.2 Å². The largest absolute Gasteiger partial charge is 0.342 e. The Kier molecular flexibility index (Phi) is 4.56. The number of carbonyl (C=O) groups is 1. The first-order chi connectivity index (χ1) is 14.2. The molecule has 1 fully saturated rings. The summed E-state index contributed by atoms with van der Waals surface area (Å²) in [6, 6.07) is 17.2. The molecule has 0 bridgehead atoms. The highest BCUT2D eigenvalue weighted by Crippen LogP contribution is 2.28. The number of likely N-dealkylation sites (tertiary alicyclic amines) is 1. The molecule has 1 atom stereocenters.